The summed E-state index contributed by atoms with van der Waals surface area (Å²) in [6, 6.07) is 25.4. The Morgan fingerprint density at radius 3 is 2.51 bits per heavy atom. The third kappa shape index (κ3) is 3.74. The molecular formula is C31H22N4S2. The SMILES string of the molecule is [C-]#[N+]/C(C#N)=C\c1cc2sc3c(c2s1)C(C)(C)c1cc(N(c2ccccc2)c2ccc(C)nc2)ccc1-3. The van der Waals surface area contributed by atoms with Crippen LogP contribution in [-0.2, 0) is 5.41 Å². The van der Waals surface area contributed by atoms with Crippen LogP contribution in [0.25, 0.3) is 30.8 Å². The van der Waals surface area contributed by atoms with E-state index >= 15 is 0 Å². The number of para-hydroxylation sites is 1. The molecule has 0 bridgehead atoms. The largest absolute Gasteiger partial charge is 0.309 e. The summed E-state index contributed by atoms with van der Waals surface area (Å²) >= 11 is 3.47. The van der Waals surface area contributed by atoms with Crippen molar-refractivity contribution >= 4 is 55.2 Å². The van der Waals surface area contributed by atoms with Crippen molar-refractivity contribution in [2.75, 3.05) is 4.90 Å². The number of pyridine rings is 1. The Balaban J connectivity index is 1.48. The fourth-order valence-corrected chi connectivity index (χ4v) is 8.04. The van der Waals surface area contributed by atoms with Crippen LogP contribution in [0.15, 0.2) is 78.6 Å². The van der Waals surface area contributed by atoms with Crippen molar-refractivity contribution < 1.29 is 0 Å². The highest BCUT2D eigenvalue weighted by molar-refractivity contribution is 7.30. The lowest BCUT2D eigenvalue weighted by molar-refractivity contribution is 0.668. The number of nitrogens with zero attached hydrogens (tertiary/aromatic N) is 4. The molecule has 6 heteroatoms. The highest BCUT2D eigenvalue weighted by atomic mass is 32.1. The van der Waals surface area contributed by atoms with Gasteiger partial charge in [-0.3, -0.25) is 4.98 Å². The highest BCUT2D eigenvalue weighted by Gasteiger charge is 2.40. The van der Waals surface area contributed by atoms with Gasteiger partial charge in [0, 0.05) is 36.9 Å². The normalized spacial score (nSPS) is 13.6. The van der Waals surface area contributed by atoms with Crippen LogP contribution in [0.3, 0.4) is 0 Å². The summed E-state index contributed by atoms with van der Waals surface area (Å²) in [6.45, 7) is 13.8. The average molecular weight is 515 g/mol. The Labute approximate surface area is 224 Å². The van der Waals surface area contributed by atoms with Crippen LogP contribution in [0.1, 0.15) is 35.5 Å². The van der Waals surface area contributed by atoms with Crippen LogP contribution >= 0.6 is 22.7 Å². The Morgan fingerprint density at radius 1 is 1.03 bits per heavy atom. The van der Waals surface area contributed by atoms with Crippen LogP contribution < -0.4 is 4.90 Å². The molecule has 4 nitrogen and oxygen atoms in total. The summed E-state index contributed by atoms with van der Waals surface area (Å²) in [6.07, 6.45) is 3.62. The monoisotopic (exact) mass is 514 g/mol. The molecule has 37 heavy (non-hydrogen) atoms. The molecule has 0 radical (unpaired) electrons. The predicted molar refractivity (Wildman–Crippen MR) is 155 cm³/mol. The van der Waals surface area contributed by atoms with Gasteiger partial charge in [-0.15, -0.1) is 22.7 Å². The number of hydrogen-bond donors (Lipinski definition) is 0. The standard InChI is InChI=1S/C31H22N4S2/c1-19-10-11-23(18-34-19)35(21-8-6-5-7-9-21)22-12-13-25-26(15-22)31(2,3)28-29(25)37-27-16-24(36-30(27)28)14-20(17-32)33-4/h5-16,18H,1-3H3/b20-14-. The van der Waals surface area contributed by atoms with Crippen LogP contribution in [0.4, 0.5) is 17.1 Å². The molecule has 0 atom stereocenters. The third-order valence-corrected chi connectivity index (χ3v) is 9.27. The lowest BCUT2D eigenvalue weighted by Crippen LogP contribution is -2.16. The zero-order valence-electron chi connectivity index (χ0n) is 20.6. The molecule has 0 N–H and O–H groups in total. The summed E-state index contributed by atoms with van der Waals surface area (Å²) in [5.74, 6) is 0. The summed E-state index contributed by atoms with van der Waals surface area (Å²) < 4.78 is 2.46. The lowest BCUT2D eigenvalue weighted by atomic mass is 9.82. The molecule has 3 aromatic heterocycles. The Morgan fingerprint density at radius 2 is 1.81 bits per heavy atom. The summed E-state index contributed by atoms with van der Waals surface area (Å²) in [4.78, 5) is 12.4. The second-order valence-electron chi connectivity index (χ2n) is 9.59. The second kappa shape index (κ2) is 8.71. The van der Waals surface area contributed by atoms with E-state index in [1.54, 1.807) is 28.7 Å². The van der Waals surface area contributed by atoms with Crippen LogP contribution in [0.5, 0.6) is 0 Å². The summed E-state index contributed by atoms with van der Waals surface area (Å²) in [5, 5.41) is 9.19. The van der Waals surface area contributed by atoms with Gasteiger partial charge in [-0.05, 0) is 72.2 Å². The number of nitriles is 1. The van der Waals surface area contributed by atoms with E-state index in [0.29, 0.717) is 0 Å². The molecule has 2 aromatic carbocycles. The average Bonchev–Trinajstić information content (AvgIpc) is 3.52. The van der Waals surface area contributed by atoms with E-state index in [1.807, 2.05) is 31.3 Å². The van der Waals surface area contributed by atoms with Crippen molar-refractivity contribution in [1.29, 1.82) is 5.26 Å². The van der Waals surface area contributed by atoms with Crippen molar-refractivity contribution in [3.05, 3.63) is 112 Å². The van der Waals surface area contributed by atoms with Gasteiger partial charge >= 0.3 is 0 Å². The van der Waals surface area contributed by atoms with Gasteiger partial charge < -0.3 is 4.90 Å². The third-order valence-electron chi connectivity index (χ3n) is 6.87. The minimum absolute atomic E-state index is 0.115. The van der Waals surface area contributed by atoms with Crippen molar-refractivity contribution in [3.63, 3.8) is 0 Å². The van der Waals surface area contributed by atoms with Crippen LogP contribution in [-0.4, -0.2) is 4.98 Å². The molecule has 0 spiro atoms. The molecule has 0 aliphatic heterocycles. The molecule has 3 heterocycles. The maximum Gasteiger partial charge on any atom is 0.263 e. The van der Waals surface area contributed by atoms with E-state index in [9.17, 15) is 5.26 Å². The van der Waals surface area contributed by atoms with Gasteiger partial charge in [0.1, 0.15) is 0 Å². The van der Waals surface area contributed by atoms with Crippen LogP contribution in [0.2, 0.25) is 0 Å². The maximum atomic E-state index is 9.19. The number of rotatable bonds is 4. The second-order valence-corrected chi connectivity index (χ2v) is 11.7. The van der Waals surface area contributed by atoms with E-state index in [1.165, 1.54) is 31.0 Å². The molecule has 0 saturated heterocycles. The molecule has 5 aromatic rings. The van der Waals surface area contributed by atoms with E-state index in [0.717, 1.165) is 27.6 Å². The van der Waals surface area contributed by atoms with E-state index < -0.39 is 0 Å². The smallest absolute Gasteiger partial charge is 0.263 e. The van der Waals surface area contributed by atoms with E-state index in [4.69, 9.17) is 6.57 Å². The number of benzene rings is 2. The molecule has 0 unspecified atom stereocenters. The summed E-state index contributed by atoms with van der Waals surface area (Å²) in [7, 11) is 0. The Hall–Kier alpha value is -4.23. The van der Waals surface area contributed by atoms with Crippen molar-refractivity contribution in [3.8, 4) is 16.5 Å². The first-order valence-electron chi connectivity index (χ1n) is 11.9. The lowest BCUT2D eigenvalue weighted by Gasteiger charge is -2.28. The number of aryl methyl sites for hydroxylation is 1. The van der Waals surface area contributed by atoms with Crippen molar-refractivity contribution in [2.45, 2.75) is 26.2 Å². The first kappa shape index (κ1) is 23.2. The number of aromatic nitrogens is 1. The molecule has 178 valence electrons. The fraction of sp³-hybridized carbons (Fsp3) is 0.129. The first-order chi connectivity index (χ1) is 17.9. The molecular weight excluding hydrogens is 493 g/mol. The first-order valence-corrected chi connectivity index (χ1v) is 13.5. The predicted octanol–water partition coefficient (Wildman–Crippen LogP) is 9.23. The van der Waals surface area contributed by atoms with Gasteiger partial charge in [-0.2, -0.15) is 0 Å². The van der Waals surface area contributed by atoms with Gasteiger partial charge in [0.15, 0.2) is 0 Å². The highest BCUT2D eigenvalue weighted by Crippen LogP contribution is 2.58. The van der Waals surface area contributed by atoms with Gasteiger partial charge in [-0.1, -0.05) is 38.1 Å². The van der Waals surface area contributed by atoms with E-state index in [2.05, 4.69) is 83.2 Å². The minimum Gasteiger partial charge on any atom is -0.309 e. The van der Waals surface area contributed by atoms with Gasteiger partial charge in [0.2, 0.25) is 0 Å². The Kier molecular flexibility index (Phi) is 5.46. The zero-order valence-corrected chi connectivity index (χ0v) is 22.2. The molecule has 1 aliphatic carbocycles. The number of hydrogen-bond acceptors (Lipinski definition) is 5. The topological polar surface area (TPSA) is 44.3 Å². The van der Waals surface area contributed by atoms with Crippen molar-refractivity contribution in [2.24, 2.45) is 0 Å². The van der Waals surface area contributed by atoms with Crippen LogP contribution in [0, 0.1) is 24.8 Å². The number of allylic oxidation sites excluding steroid dienone is 1. The number of anilines is 3. The van der Waals surface area contributed by atoms with Crippen molar-refractivity contribution in [1.82, 2.24) is 4.98 Å². The molecule has 0 amide bonds. The number of thiophene rings is 2. The van der Waals surface area contributed by atoms with Gasteiger partial charge in [0.25, 0.3) is 5.70 Å². The van der Waals surface area contributed by atoms with Gasteiger partial charge in [-0.25, -0.2) is 10.1 Å². The molecule has 0 fully saturated rings. The fourth-order valence-electron chi connectivity index (χ4n) is 5.10. The Bertz CT molecular complexity index is 1760. The van der Waals surface area contributed by atoms with E-state index in [-0.39, 0.29) is 11.1 Å². The molecule has 1 aliphatic rings. The maximum absolute atomic E-state index is 9.19. The minimum atomic E-state index is -0.184. The molecule has 6 rings (SSSR count). The molecule has 0 saturated carbocycles. The van der Waals surface area contributed by atoms with Gasteiger partial charge in [0.05, 0.1) is 29.2 Å². The summed E-state index contributed by atoms with van der Waals surface area (Å²) in [5.41, 5.74) is 8.05. The zero-order chi connectivity index (χ0) is 25.7. The quantitative estimate of drug-likeness (QED) is 0.177. The number of fused-ring (bicyclic) bond motifs is 5.